The highest BCUT2D eigenvalue weighted by Gasteiger charge is 2.25. The highest BCUT2D eigenvalue weighted by molar-refractivity contribution is 5.72. The number of nitrogens with zero attached hydrogens (tertiary/aromatic N) is 1. The number of hydrogen-bond acceptors (Lipinski definition) is 2. The monoisotopic (exact) mass is 158 g/mol. The molecule has 2 atom stereocenters. The summed E-state index contributed by atoms with van der Waals surface area (Å²) in [5.74, 6) is 0.283. The SMILES string of the molecule is CC1CCN(C(N)=O)CC1O. The fraction of sp³-hybridized carbons (Fsp3) is 0.857. The van der Waals surface area contributed by atoms with Crippen LogP contribution in [0.25, 0.3) is 0 Å². The molecule has 0 spiro atoms. The quantitative estimate of drug-likeness (QED) is 0.511. The van der Waals surface area contributed by atoms with E-state index >= 15 is 0 Å². The van der Waals surface area contributed by atoms with Gasteiger partial charge in [-0.3, -0.25) is 0 Å². The Labute approximate surface area is 66.0 Å². The molecule has 1 heterocycles. The minimum Gasteiger partial charge on any atom is -0.391 e. The zero-order chi connectivity index (χ0) is 8.43. The summed E-state index contributed by atoms with van der Waals surface area (Å²) in [6.45, 7) is 3.03. The Hall–Kier alpha value is -0.770. The van der Waals surface area contributed by atoms with Crippen LogP contribution in [-0.2, 0) is 0 Å². The van der Waals surface area contributed by atoms with Crippen LogP contribution in [0.4, 0.5) is 4.79 Å². The molecule has 2 unspecified atom stereocenters. The topological polar surface area (TPSA) is 66.6 Å². The average Bonchev–Trinajstić information content (AvgIpc) is 1.94. The molecule has 4 nitrogen and oxygen atoms in total. The summed E-state index contributed by atoms with van der Waals surface area (Å²) in [7, 11) is 0. The van der Waals surface area contributed by atoms with E-state index in [1.807, 2.05) is 6.92 Å². The van der Waals surface area contributed by atoms with Crippen LogP contribution in [0.5, 0.6) is 0 Å². The highest BCUT2D eigenvalue weighted by Crippen LogP contribution is 2.16. The lowest BCUT2D eigenvalue weighted by molar-refractivity contribution is 0.0454. The molecule has 0 bridgehead atoms. The fourth-order valence-corrected chi connectivity index (χ4v) is 1.25. The molecule has 1 aliphatic heterocycles. The molecule has 1 aliphatic rings. The zero-order valence-corrected chi connectivity index (χ0v) is 6.66. The second-order valence-electron chi connectivity index (χ2n) is 3.12. The molecular weight excluding hydrogens is 144 g/mol. The number of aliphatic hydroxyl groups excluding tert-OH is 1. The van der Waals surface area contributed by atoms with Gasteiger partial charge in [0.15, 0.2) is 0 Å². The lowest BCUT2D eigenvalue weighted by atomic mass is 9.96. The predicted octanol–water partition coefficient (Wildman–Crippen LogP) is -0.232. The van der Waals surface area contributed by atoms with E-state index in [1.54, 1.807) is 0 Å². The van der Waals surface area contributed by atoms with Crippen molar-refractivity contribution in [3.8, 4) is 0 Å². The summed E-state index contributed by atoms with van der Waals surface area (Å²) in [4.78, 5) is 12.1. The summed E-state index contributed by atoms with van der Waals surface area (Å²) in [6, 6.07) is -0.434. The Morgan fingerprint density at radius 1 is 1.73 bits per heavy atom. The zero-order valence-electron chi connectivity index (χ0n) is 6.66. The number of hydrogen-bond donors (Lipinski definition) is 2. The maximum absolute atomic E-state index is 10.6. The molecule has 1 fully saturated rings. The summed E-state index contributed by atoms with van der Waals surface area (Å²) in [5, 5.41) is 9.35. The average molecular weight is 158 g/mol. The maximum atomic E-state index is 10.6. The number of amides is 2. The number of carbonyl (C=O) groups is 1. The molecule has 11 heavy (non-hydrogen) atoms. The van der Waals surface area contributed by atoms with Crippen molar-refractivity contribution < 1.29 is 9.90 Å². The first kappa shape index (κ1) is 8.33. The van der Waals surface area contributed by atoms with E-state index in [2.05, 4.69) is 0 Å². The van der Waals surface area contributed by atoms with Gasteiger partial charge in [0.2, 0.25) is 0 Å². The van der Waals surface area contributed by atoms with Crippen LogP contribution < -0.4 is 5.73 Å². The van der Waals surface area contributed by atoms with Gasteiger partial charge in [0.25, 0.3) is 0 Å². The van der Waals surface area contributed by atoms with E-state index < -0.39 is 12.1 Å². The van der Waals surface area contributed by atoms with E-state index in [0.717, 1.165) is 6.42 Å². The molecular formula is C7H14N2O2. The summed E-state index contributed by atoms with van der Waals surface area (Å²) in [6.07, 6.45) is 0.431. The third kappa shape index (κ3) is 1.83. The first-order chi connectivity index (χ1) is 5.11. The van der Waals surface area contributed by atoms with Crippen molar-refractivity contribution in [3.05, 3.63) is 0 Å². The summed E-state index contributed by atoms with van der Waals surface area (Å²) in [5.41, 5.74) is 5.05. The van der Waals surface area contributed by atoms with Crippen LogP contribution in [0.15, 0.2) is 0 Å². The lowest BCUT2D eigenvalue weighted by Gasteiger charge is -2.32. The first-order valence-electron chi connectivity index (χ1n) is 3.83. The molecule has 1 rings (SSSR count). The Kier molecular flexibility index (Phi) is 2.34. The molecule has 0 saturated carbocycles. The maximum Gasteiger partial charge on any atom is 0.314 e. The summed E-state index contributed by atoms with van der Waals surface area (Å²) < 4.78 is 0. The van der Waals surface area contributed by atoms with Crippen molar-refractivity contribution >= 4 is 6.03 Å². The number of primary amides is 1. The predicted molar refractivity (Wildman–Crippen MR) is 40.9 cm³/mol. The van der Waals surface area contributed by atoms with Crippen molar-refractivity contribution in [3.63, 3.8) is 0 Å². The van der Waals surface area contributed by atoms with Gasteiger partial charge in [-0.1, -0.05) is 6.92 Å². The van der Waals surface area contributed by atoms with E-state index in [4.69, 9.17) is 5.73 Å². The van der Waals surface area contributed by atoms with Crippen molar-refractivity contribution in [2.24, 2.45) is 11.7 Å². The van der Waals surface area contributed by atoms with E-state index in [9.17, 15) is 9.90 Å². The van der Waals surface area contributed by atoms with Crippen LogP contribution in [0.2, 0.25) is 0 Å². The largest absolute Gasteiger partial charge is 0.391 e. The molecule has 64 valence electrons. The normalized spacial score (nSPS) is 32.0. The number of carbonyl (C=O) groups excluding carboxylic acids is 1. The molecule has 2 amide bonds. The van der Waals surface area contributed by atoms with Crippen LogP contribution in [0, 0.1) is 5.92 Å². The molecule has 0 radical (unpaired) electrons. The number of urea groups is 1. The molecule has 1 saturated heterocycles. The van der Waals surface area contributed by atoms with Crippen LogP contribution >= 0.6 is 0 Å². The number of likely N-dealkylation sites (tertiary alicyclic amines) is 1. The van der Waals surface area contributed by atoms with Crippen LogP contribution in [0.1, 0.15) is 13.3 Å². The number of β-amino-alcohol motifs (C(OH)–C–C–N with tert-alkyl or cyclic N) is 1. The van der Waals surface area contributed by atoms with E-state index in [1.165, 1.54) is 4.90 Å². The molecule has 0 aromatic rings. The van der Waals surface area contributed by atoms with Gasteiger partial charge in [-0.15, -0.1) is 0 Å². The third-order valence-corrected chi connectivity index (χ3v) is 2.23. The first-order valence-corrected chi connectivity index (χ1v) is 3.83. The molecule has 0 aromatic carbocycles. The van der Waals surface area contributed by atoms with Gasteiger partial charge in [0, 0.05) is 13.1 Å². The number of nitrogens with two attached hydrogens (primary N) is 1. The molecule has 0 aromatic heterocycles. The smallest absolute Gasteiger partial charge is 0.314 e. The van der Waals surface area contributed by atoms with Crippen LogP contribution in [-0.4, -0.2) is 35.2 Å². The van der Waals surface area contributed by atoms with Gasteiger partial charge in [0.1, 0.15) is 0 Å². The van der Waals surface area contributed by atoms with Gasteiger partial charge < -0.3 is 15.7 Å². The Bertz CT molecular complexity index is 161. The Morgan fingerprint density at radius 3 is 2.82 bits per heavy atom. The molecule has 3 N–H and O–H groups in total. The van der Waals surface area contributed by atoms with E-state index in [-0.39, 0.29) is 5.92 Å². The standard InChI is InChI=1S/C7H14N2O2/c1-5-2-3-9(7(8)11)4-6(5)10/h5-6,10H,2-4H2,1H3,(H2,8,11). The summed E-state index contributed by atoms with van der Waals surface area (Å²) >= 11 is 0. The number of aliphatic hydroxyl groups is 1. The lowest BCUT2D eigenvalue weighted by Crippen LogP contribution is -2.47. The van der Waals surface area contributed by atoms with Crippen molar-refractivity contribution in [2.75, 3.05) is 13.1 Å². The second-order valence-corrected chi connectivity index (χ2v) is 3.12. The van der Waals surface area contributed by atoms with Crippen molar-refractivity contribution in [2.45, 2.75) is 19.4 Å². The number of piperidine rings is 1. The molecule has 0 aliphatic carbocycles. The van der Waals surface area contributed by atoms with Gasteiger partial charge in [-0.05, 0) is 12.3 Å². The minimum absolute atomic E-state index is 0.283. The number of rotatable bonds is 0. The Morgan fingerprint density at radius 2 is 2.36 bits per heavy atom. The van der Waals surface area contributed by atoms with Crippen molar-refractivity contribution in [1.82, 2.24) is 4.90 Å². The second kappa shape index (κ2) is 3.09. The van der Waals surface area contributed by atoms with Gasteiger partial charge in [0.05, 0.1) is 6.10 Å². The van der Waals surface area contributed by atoms with Gasteiger partial charge in [-0.25, -0.2) is 4.79 Å². The minimum atomic E-state index is -0.434. The van der Waals surface area contributed by atoms with Gasteiger partial charge >= 0.3 is 6.03 Å². The van der Waals surface area contributed by atoms with Crippen molar-refractivity contribution in [1.29, 1.82) is 0 Å². The van der Waals surface area contributed by atoms with Crippen LogP contribution in [0.3, 0.4) is 0 Å². The third-order valence-electron chi connectivity index (χ3n) is 2.23. The highest BCUT2D eigenvalue weighted by atomic mass is 16.3. The fourth-order valence-electron chi connectivity index (χ4n) is 1.25. The van der Waals surface area contributed by atoms with E-state index in [0.29, 0.717) is 13.1 Å². The Balaban J connectivity index is 2.46. The molecule has 4 heteroatoms. The van der Waals surface area contributed by atoms with Gasteiger partial charge in [-0.2, -0.15) is 0 Å².